The molecule has 0 fully saturated rings. The van der Waals surface area contributed by atoms with Gasteiger partial charge in [0.15, 0.2) is 16.6 Å². The summed E-state index contributed by atoms with van der Waals surface area (Å²) < 4.78 is 0. The summed E-state index contributed by atoms with van der Waals surface area (Å²) in [5.74, 6) is -1.46. The lowest BCUT2D eigenvalue weighted by Crippen LogP contribution is -2.16. The number of rotatable bonds is 5. The quantitative estimate of drug-likeness (QED) is 0.856. The Morgan fingerprint density at radius 3 is 2.33 bits per heavy atom. The van der Waals surface area contributed by atoms with Gasteiger partial charge in [0.25, 0.3) is 0 Å². The number of ketones is 1. The van der Waals surface area contributed by atoms with Crippen LogP contribution in [0.2, 0.25) is 0 Å². The molecule has 5 nitrogen and oxygen atoms in total. The molecule has 21 heavy (non-hydrogen) atoms. The van der Waals surface area contributed by atoms with Gasteiger partial charge in [0.2, 0.25) is 0 Å². The van der Waals surface area contributed by atoms with Gasteiger partial charge in [-0.25, -0.2) is 9.78 Å². The SMILES string of the molecule is CCN(c1ccc(C)cc1)c1nc(C(=O)O)c(C(C)=O)s1. The van der Waals surface area contributed by atoms with Crippen molar-refractivity contribution in [3.8, 4) is 0 Å². The number of carboxylic acid groups (broad SMARTS) is 1. The number of nitrogens with zero attached hydrogens (tertiary/aromatic N) is 2. The van der Waals surface area contributed by atoms with E-state index in [0.717, 1.165) is 22.6 Å². The van der Waals surface area contributed by atoms with Gasteiger partial charge in [0.05, 0.1) is 0 Å². The third kappa shape index (κ3) is 3.11. The van der Waals surface area contributed by atoms with Crippen molar-refractivity contribution in [2.45, 2.75) is 20.8 Å². The van der Waals surface area contributed by atoms with Crippen LogP contribution in [0.15, 0.2) is 24.3 Å². The number of aryl methyl sites for hydroxylation is 1. The van der Waals surface area contributed by atoms with Crippen molar-refractivity contribution in [1.29, 1.82) is 0 Å². The highest BCUT2D eigenvalue weighted by Crippen LogP contribution is 2.32. The zero-order valence-corrected chi connectivity index (χ0v) is 12.9. The minimum Gasteiger partial charge on any atom is -0.476 e. The Balaban J connectivity index is 2.48. The van der Waals surface area contributed by atoms with Gasteiger partial charge in [-0.1, -0.05) is 29.0 Å². The topological polar surface area (TPSA) is 70.5 Å². The Morgan fingerprint density at radius 1 is 1.29 bits per heavy atom. The Kier molecular flexibility index (Phi) is 4.37. The first kappa shape index (κ1) is 15.2. The Morgan fingerprint density at radius 2 is 1.90 bits per heavy atom. The van der Waals surface area contributed by atoms with Crippen LogP contribution in [0.5, 0.6) is 0 Å². The van der Waals surface area contributed by atoms with Crippen LogP contribution in [0.4, 0.5) is 10.8 Å². The van der Waals surface area contributed by atoms with Crippen molar-refractivity contribution in [3.05, 3.63) is 40.4 Å². The maximum Gasteiger partial charge on any atom is 0.356 e. The number of hydrogen-bond acceptors (Lipinski definition) is 5. The summed E-state index contributed by atoms with van der Waals surface area (Å²) in [5.41, 5.74) is 1.89. The van der Waals surface area contributed by atoms with E-state index in [-0.39, 0.29) is 16.4 Å². The number of aromatic carboxylic acids is 1. The second-order valence-electron chi connectivity index (χ2n) is 4.62. The molecule has 0 radical (unpaired) electrons. The molecule has 1 N–H and O–H groups in total. The van der Waals surface area contributed by atoms with Crippen LogP contribution in [0.1, 0.15) is 39.6 Å². The van der Waals surface area contributed by atoms with E-state index in [4.69, 9.17) is 5.11 Å². The van der Waals surface area contributed by atoms with Gasteiger partial charge in [-0.05, 0) is 26.0 Å². The number of benzene rings is 1. The molecule has 0 bridgehead atoms. The summed E-state index contributed by atoms with van der Waals surface area (Å²) in [5, 5.41) is 9.68. The molecule has 1 aromatic carbocycles. The Labute approximate surface area is 126 Å². The highest BCUT2D eigenvalue weighted by molar-refractivity contribution is 7.17. The van der Waals surface area contributed by atoms with Crippen LogP contribution in [0.3, 0.4) is 0 Å². The number of aromatic nitrogens is 1. The zero-order chi connectivity index (χ0) is 15.6. The Bertz CT molecular complexity index is 645. The van der Waals surface area contributed by atoms with Crippen molar-refractivity contribution < 1.29 is 14.7 Å². The van der Waals surface area contributed by atoms with Crippen molar-refractivity contribution in [2.24, 2.45) is 0 Å². The number of carbonyl (C=O) groups is 2. The van der Waals surface area contributed by atoms with E-state index in [1.807, 2.05) is 43.0 Å². The van der Waals surface area contributed by atoms with E-state index in [2.05, 4.69) is 4.98 Å². The molecule has 0 aliphatic heterocycles. The monoisotopic (exact) mass is 304 g/mol. The normalized spacial score (nSPS) is 10.4. The second kappa shape index (κ2) is 6.05. The summed E-state index contributed by atoms with van der Waals surface area (Å²) in [4.78, 5) is 29.0. The van der Waals surface area contributed by atoms with Gasteiger partial charge in [0.1, 0.15) is 4.88 Å². The number of carboxylic acids is 1. The third-order valence-corrected chi connectivity index (χ3v) is 4.21. The smallest absolute Gasteiger partial charge is 0.356 e. The molecular formula is C15H16N2O3S. The van der Waals surface area contributed by atoms with Gasteiger partial charge in [0, 0.05) is 19.2 Å². The lowest BCUT2D eigenvalue weighted by atomic mass is 10.2. The lowest BCUT2D eigenvalue weighted by molar-refractivity contribution is 0.0687. The van der Waals surface area contributed by atoms with Gasteiger partial charge >= 0.3 is 5.97 Å². The van der Waals surface area contributed by atoms with Crippen molar-refractivity contribution in [2.75, 3.05) is 11.4 Å². The highest BCUT2D eigenvalue weighted by atomic mass is 32.1. The maximum atomic E-state index is 11.6. The molecule has 0 saturated heterocycles. The van der Waals surface area contributed by atoms with E-state index in [1.54, 1.807) is 0 Å². The first-order chi connectivity index (χ1) is 9.93. The molecule has 1 aromatic heterocycles. The fraction of sp³-hybridized carbons (Fsp3) is 0.267. The number of Topliss-reactive ketones (excluding diaryl/α,β-unsaturated/α-hetero) is 1. The molecule has 0 aliphatic carbocycles. The molecule has 110 valence electrons. The standard InChI is InChI=1S/C15H16N2O3S/c1-4-17(11-7-5-9(2)6-8-11)15-16-12(14(19)20)13(21-15)10(3)18/h5-8H,4H2,1-3H3,(H,19,20). The molecular weight excluding hydrogens is 288 g/mol. The van der Waals surface area contributed by atoms with Gasteiger partial charge in [-0.15, -0.1) is 0 Å². The molecule has 0 aliphatic rings. The van der Waals surface area contributed by atoms with Crippen LogP contribution in [0, 0.1) is 6.92 Å². The predicted octanol–water partition coefficient (Wildman–Crippen LogP) is 3.51. The molecule has 0 saturated carbocycles. The molecule has 0 amide bonds. The van der Waals surface area contributed by atoms with Gasteiger partial charge < -0.3 is 10.0 Å². The van der Waals surface area contributed by atoms with Gasteiger partial charge in [-0.2, -0.15) is 0 Å². The minimum atomic E-state index is -1.18. The average Bonchev–Trinajstić information content (AvgIpc) is 2.87. The maximum absolute atomic E-state index is 11.6. The summed E-state index contributed by atoms with van der Waals surface area (Å²) in [7, 11) is 0. The first-order valence-corrected chi connectivity index (χ1v) is 7.35. The van der Waals surface area contributed by atoms with E-state index in [9.17, 15) is 9.59 Å². The summed E-state index contributed by atoms with van der Waals surface area (Å²) >= 11 is 1.11. The van der Waals surface area contributed by atoms with Crippen molar-refractivity contribution >= 4 is 33.9 Å². The van der Waals surface area contributed by atoms with Crippen LogP contribution in [-0.4, -0.2) is 28.4 Å². The molecule has 1 heterocycles. The van der Waals surface area contributed by atoms with Crippen LogP contribution < -0.4 is 4.90 Å². The molecule has 2 rings (SSSR count). The summed E-state index contributed by atoms with van der Waals surface area (Å²) in [6, 6.07) is 7.87. The van der Waals surface area contributed by atoms with Gasteiger partial charge in [-0.3, -0.25) is 4.79 Å². The number of carbonyl (C=O) groups excluding carboxylic acids is 1. The van der Waals surface area contributed by atoms with E-state index in [1.165, 1.54) is 6.92 Å². The fourth-order valence-electron chi connectivity index (χ4n) is 1.96. The average molecular weight is 304 g/mol. The van der Waals surface area contributed by atoms with Crippen LogP contribution in [0.25, 0.3) is 0 Å². The largest absolute Gasteiger partial charge is 0.476 e. The number of anilines is 2. The minimum absolute atomic E-state index is 0.173. The molecule has 0 spiro atoms. The zero-order valence-electron chi connectivity index (χ0n) is 12.1. The van der Waals surface area contributed by atoms with Crippen LogP contribution in [-0.2, 0) is 0 Å². The lowest BCUT2D eigenvalue weighted by Gasteiger charge is -2.19. The molecule has 2 aromatic rings. The Hall–Kier alpha value is -2.21. The van der Waals surface area contributed by atoms with E-state index in [0.29, 0.717) is 11.7 Å². The second-order valence-corrected chi connectivity index (χ2v) is 5.59. The summed E-state index contributed by atoms with van der Waals surface area (Å²) in [6.07, 6.45) is 0. The molecule has 0 atom stereocenters. The molecule has 6 heteroatoms. The van der Waals surface area contributed by atoms with E-state index < -0.39 is 5.97 Å². The highest BCUT2D eigenvalue weighted by Gasteiger charge is 2.23. The predicted molar refractivity (Wildman–Crippen MR) is 82.9 cm³/mol. The first-order valence-electron chi connectivity index (χ1n) is 6.53. The summed E-state index contributed by atoms with van der Waals surface area (Å²) in [6.45, 7) is 5.94. The van der Waals surface area contributed by atoms with Crippen molar-refractivity contribution in [1.82, 2.24) is 4.98 Å². The third-order valence-electron chi connectivity index (χ3n) is 3.03. The number of thiazole rings is 1. The van der Waals surface area contributed by atoms with Crippen molar-refractivity contribution in [3.63, 3.8) is 0 Å². The fourth-order valence-corrected chi connectivity index (χ4v) is 3.00. The molecule has 0 unspecified atom stereocenters. The van der Waals surface area contributed by atoms with E-state index >= 15 is 0 Å². The number of hydrogen-bond donors (Lipinski definition) is 1. The van der Waals surface area contributed by atoms with Crippen LogP contribution >= 0.6 is 11.3 Å².